The van der Waals surface area contributed by atoms with E-state index < -0.39 is 9.84 Å². The Balaban J connectivity index is 2.74. The summed E-state index contributed by atoms with van der Waals surface area (Å²) >= 11 is 12.5. The zero-order valence-electron chi connectivity index (χ0n) is 15.1. The molecule has 1 rings (SSSR count). The van der Waals surface area contributed by atoms with Crippen molar-refractivity contribution in [3.63, 3.8) is 0 Å². The molecule has 0 radical (unpaired) electrons. The highest BCUT2D eigenvalue weighted by atomic mass is 35.5. The Morgan fingerprint density at radius 2 is 1.84 bits per heavy atom. The number of hydrogen-bond donors (Lipinski definition) is 2. The number of nitrogens with zero attached hydrogens (tertiary/aromatic N) is 1. The number of benzene rings is 1. The van der Waals surface area contributed by atoms with Gasteiger partial charge in [-0.05, 0) is 38.0 Å². The Hall–Kier alpha value is -0.980. The molecule has 0 aromatic heterocycles. The van der Waals surface area contributed by atoms with E-state index in [1.54, 1.807) is 0 Å². The normalized spacial score (nSPS) is 14.9. The summed E-state index contributed by atoms with van der Waals surface area (Å²) in [6, 6.07) is 5.45. The highest BCUT2D eigenvalue weighted by Gasteiger charge is 2.14. The average Bonchev–Trinajstić information content (AvgIpc) is 2.50. The minimum absolute atomic E-state index is 0.00766. The van der Waals surface area contributed by atoms with Crippen molar-refractivity contribution in [2.75, 3.05) is 25.1 Å². The first-order chi connectivity index (χ1) is 11.6. The molecule has 142 valence electrons. The predicted molar refractivity (Wildman–Crippen MR) is 108 cm³/mol. The van der Waals surface area contributed by atoms with Gasteiger partial charge in [0.1, 0.15) is 9.84 Å². The molecule has 5 nitrogen and oxygen atoms in total. The zero-order valence-corrected chi connectivity index (χ0v) is 17.5. The number of sulfone groups is 1. The van der Waals surface area contributed by atoms with Crippen LogP contribution in [0.1, 0.15) is 38.7 Å². The van der Waals surface area contributed by atoms with Gasteiger partial charge in [0.05, 0.1) is 5.75 Å². The monoisotopic (exact) mass is 407 g/mol. The summed E-state index contributed by atoms with van der Waals surface area (Å²) in [6.07, 6.45) is 1.77. The fourth-order valence-electron chi connectivity index (χ4n) is 2.32. The lowest BCUT2D eigenvalue weighted by Gasteiger charge is -2.19. The van der Waals surface area contributed by atoms with Crippen LogP contribution in [0.4, 0.5) is 0 Å². The SMILES string of the molecule is CCNC(=NCC(C)c1c(Cl)cccc1Cl)NC(C)CCS(C)(=O)=O. The molecular weight excluding hydrogens is 381 g/mol. The average molecular weight is 408 g/mol. The van der Waals surface area contributed by atoms with Crippen LogP contribution in [0.5, 0.6) is 0 Å². The summed E-state index contributed by atoms with van der Waals surface area (Å²) in [6.45, 7) is 7.16. The first-order valence-electron chi connectivity index (χ1n) is 8.30. The van der Waals surface area contributed by atoms with Crippen molar-refractivity contribution >= 4 is 39.0 Å². The van der Waals surface area contributed by atoms with Gasteiger partial charge in [0, 0.05) is 41.4 Å². The van der Waals surface area contributed by atoms with E-state index in [4.69, 9.17) is 23.2 Å². The first-order valence-corrected chi connectivity index (χ1v) is 11.1. The van der Waals surface area contributed by atoms with E-state index in [9.17, 15) is 8.42 Å². The molecule has 25 heavy (non-hydrogen) atoms. The molecule has 0 saturated heterocycles. The van der Waals surface area contributed by atoms with Crippen molar-refractivity contribution in [2.24, 2.45) is 4.99 Å². The summed E-state index contributed by atoms with van der Waals surface area (Å²) in [5, 5.41) is 7.67. The second kappa shape index (κ2) is 10.2. The first kappa shape index (κ1) is 22.1. The molecule has 0 spiro atoms. The van der Waals surface area contributed by atoms with E-state index in [1.165, 1.54) is 6.26 Å². The molecule has 1 aromatic rings. The number of aliphatic imine (C=N–C) groups is 1. The third-order valence-electron chi connectivity index (χ3n) is 3.66. The largest absolute Gasteiger partial charge is 0.357 e. The van der Waals surface area contributed by atoms with Crippen molar-refractivity contribution in [1.82, 2.24) is 10.6 Å². The Labute approximate surface area is 161 Å². The Kier molecular flexibility index (Phi) is 9.03. The molecule has 0 aliphatic carbocycles. The smallest absolute Gasteiger partial charge is 0.191 e. The van der Waals surface area contributed by atoms with E-state index in [0.29, 0.717) is 35.5 Å². The van der Waals surface area contributed by atoms with E-state index in [1.807, 2.05) is 39.0 Å². The van der Waals surface area contributed by atoms with Gasteiger partial charge in [-0.25, -0.2) is 8.42 Å². The Morgan fingerprint density at radius 1 is 1.24 bits per heavy atom. The molecular formula is C17H27Cl2N3O2S. The lowest BCUT2D eigenvalue weighted by atomic mass is 10.0. The minimum atomic E-state index is -2.97. The van der Waals surface area contributed by atoms with Crippen LogP contribution in [0.25, 0.3) is 0 Å². The molecule has 2 N–H and O–H groups in total. The highest BCUT2D eigenvalue weighted by molar-refractivity contribution is 7.90. The van der Waals surface area contributed by atoms with Crippen LogP contribution in [-0.4, -0.2) is 45.5 Å². The van der Waals surface area contributed by atoms with Crippen molar-refractivity contribution in [3.8, 4) is 0 Å². The van der Waals surface area contributed by atoms with Crippen LogP contribution in [0, 0.1) is 0 Å². The maximum atomic E-state index is 11.3. The van der Waals surface area contributed by atoms with Crippen LogP contribution in [-0.2, 0) is 9.84 Å². The van der Waals surface area contributed by atoms with E-state index in [0.717, 1.165) is 5.56 Å². The molecule has 8 heteroatoms. The van der Waals surface area contributed by atoms with Crippen LogP contribution in [0.3, 0.4) is 0 Å². The number of rotatable bonds is 8. The fraction of sp³-hybridized carbons (Fsp3) is 0.588. The second-order valence-corrected chi connectivity index (χ2v) is 9.29. The lowest BCUT2D eigenvalue weighted by molar-refractivity contribution is 0.581. The van der Waals surface area contributed by atoms with Crippen LogP contribution < -0.4 is 10.6 Å². The molecule has 0 bridgehead atoms. The van der Waals surface area contributed by atoms with E-state index in [2.05, 4.69) is 15.6 Å². The van der Waals surface area contributed by atoms with Crippen LogP contribution in [0.15, 0.2) is 23.2 Å². The molecule has 0 aliphatic rings. The summed E-state index contributed by atoms with van der Waals surface area (Å²) in [7, 11) is -2.97. The number of nitrogens with one attached hydrogen (secondary N) is 2. The second-order valence-electron chi connectivity index (χ2n) is 6.22. The molecule has 2 unspecified atom stereocenters. The molecule has 2 atom stereocenters. The number of hydrogen-bond acceptors (Lipinski definition) is 3. The zero-order chi connectivity index (χ0) is 19.0. The van der Waals surface area contributed by atoms with Gasteiger partial charge in [0.15, 0.2) is 5.96 Å². The van der Waals surface area contributed by atoms with E-state index in [-0.39, 0.29) is 17.7 Å². The van der Waals surface area contributed by atoms with Gasteiger partial charge in [0.25, 0.3) is 0 Å². The van der Waals surface area contributed by atoms with Crippen molar-refractivity contribution in [1.29, 1.82) is 0 Å². The number of halogens is 2. The topological polar surface area (TPSA) is 70.6 Å². The molecule has 0 heterocycles. The van der Waals surface area contributed by atoms with Gasteiger partial charge in [0.2, 0.25) is 0 Å². The standard InChI is InChI=1S/C17H27Cl2N3O2S/c1-5-20-17(22-13(3)9-10-25(4,23)24)21-11-12(2)16-14(18)7-6-8-15(16)19/h6-8,12-13H,5,9-11H2,1-4H3,(H2,20,21,22). The van der Waals surface area contributed by atoms with Gasteiger partial charge in [-0.2, -0.15) is 0 Å². The molecule has 0 amide bonds. The predicted octanol–water partition coefficient (Wildman–Crippen LogP) is 3.48. The maximum Gasteiger partial charge on any atom is 0.191 e. The fourth-order valence-corrected chi connectivity index (χ4v) is 3.87. The summed E-state index contributed by atoms with van der Waals surface area (Å²) < 4.78 is 22.6. The lowest BCUT2D eigenvalue weighted by Crippen LogP contribution is -2.43. The highest BCUT2D eigenvalue weighted by Crippen LogP contribution is 2.31. The summed E-state index contributed by atoms with van der Waals surface area (Å²) in [5.41, 5.74) is 0.885. The van der Waals surface area contributed by atoms with Crippen molar-refractivity contribution in [2.45, 2.75) is 39.2 Å². The van der Waals surface area contributed by atoms with Crippen molar-refractivity contribution < 1.29 is 8.42 Å². The maximum absolute atomic E-state index is 11.3. The molecule has 0 aliphatic heterocycles. The summed E-state index contributed by atoms with van der Waals surface area (Å²) in [4.78, 5) is 4.58. The molecule has 0 saturated carbocycles. The van der Waals surface area contributed by atoms with Gasteiger partial charge in [-0.3, -0.25) is 4.99 Å². The quantitative estimate of drug-likeness (QED) is 0.511. The molecule has 0 fully saturated rings. The van der Waals surface area contributed by atoms with E-state index >= 15 is 0 Å². The summed E-state index contributed by atoms with van der Waals surface area (Å²) in [5.74, 6) is 0.855. The van der Waals surface area contributed by atoms with Crippen molar-refractivity contribution in [3.05, 3.63) is 33.8 Å². The Bertz CT molecular complexity index is 673. The Morgan fingerprint density at radius 3 is 2.36 bits per heavy atom. The third kappa shape index (κ3) is 8.29. The molecule has 1 aromatic carbocycles. The van der Waals surface area contributed by atoms with Gasteiger partial charge >= 0.3 is 0 Å². The minimum Gasteiger partial charge on any atom is -0.357 e. The van der Waals surface area contributed by atoms with Gasteiger partial charge in [-0.15, -0.1) is 0 Å². The van der Waals surface area contributed by atoms with Gasteiger partial charge in [-0.1, -0.05) is 36.2 Å². The van der Waals surface area contributed by atoms with Crippen LogP contribution in [0.2, 0.25) is 10.0 Å². The third-order valence-corrected chi connectivity index (χ3v) is 5.30. The van der Waals surface area contributed by atoms with Gasteiger partial charge < -0.3 is 10.6 Å². The number of guanidine groups is 1. The van der Waals surface area contributed by atoms with Crippen LogP contribution >= 0.6 is 23.2 Å².